The Hall–Kier alpha value is -3.72. The van der Waals surface area contributed by atoms with Crippen molar-refractivity contribution in [1.29, 1.82) is 0 Å². The van der Waals surface area contributed by atoms with Gasteiger partial charge in [0.1, 0.15) is 5.82 Å². The van der Waals surface area contributed by atoms with Gasteiger partial charge in [0.25, 0.3) is 15.9 Å². The Kier molecular flexibility index (Phi) is 5.79. The summed E-state index contributed by atoms with van der Waals surface area (Å²) in [4.78, 5) is 15.2. The third kappa shape index (κ3) is 4.03. The highest BCUT2D eigenvalue weighted by atomic mass is 32.2. The Morgan fingerprint density at radius 3 is 2.47 bits per heavy atom. The van der Waals surface area contributed by atoms with Gasteiger partial charge in [-0.05, 0) is 61.4 Å². The average molecular weight is 476 g/mol. The van der Waals surface area contributed by atoms with E-state index in [4.69, 9.17) is 0 Å². The van der Waals surface area contributed by atoms with Gasteiger partial charge >= 0.3 is 0 Å². The van der Waals surface area contributed by atoms with Gasteiger partial charge < -0.3 is 4.90 Å². The van der Waals surface area contributed by atoms with Gasteiger partial charge in [-0.2, -0.15) is 0 Å². The normalized spacial score (nSPS) is 16.5. The van der Waals surface area contributed by atoms with Crippen LogP contribution in [0.1, 0.15) is 34.9 Å². The van der Waals surface area contributed by atoms with E-state index in [-0.39, 0.29) is 16.7 Å². The number of pyridine rings is 1. The van der Waals surface area contributed by atoms with E-state index in [0.717, 1.165) is 24.3 Å². The van der Waals surface area contributed by atoms with Gasteiger partial charge in [0.2, 0.25) is 0 Å². The number of piperidine rings is 1. The molecule has 0 spiro atoms. The average Bonchev–Trinajstić information content (AvgIpc) is 3.33. The molecule has 1 atom stereocenters. The molecule has 9 heteroatoms. The van der Waals surface area contributed by atoms with Crippen LogP contribution in [-0.4, -0.2) is 54.0 Å². The summed E-state index contributed by atoms with van der Waals surface area (Å²) in [7, 11) is -2.21. The van der Waals surface area contributed by atoms with Crippen LogP contribution in [0.3, 0.4) is 0 Å². The molecule has 2 aromatic carbocycles. The highest BCUT2D eigenvalue weighted by Crippen LogP contribution is 2.28. The number of sulfonamides is 1. The summed E-state index contributed by atoms with van der Waals surface area (Å²) in [6, 6.07) is 20.8. The minimum atomic E-state index is -3.73. The zero-order valence-corrected chi connectivity index (χ0v) is 19.6. The fraction of sp³-hybridized carbons (Fsp3) is 0.240. The maximum absolute atomic E-state index is 13.2. The number of likely N-dealkylation sites (tertiary alicyclic amines) is 1. The smallest absolute Gasteiger partial charge is 0.264 e. The lowest BCUT2D eigenvalue weighted by Gasteiger charge is -2.32. The summed E-state index contributed by atoms with van der Waals surface area (Å²) in [5.74, 6) is 0.839. The molecule has 8 nitrogen and oxygen atoms in total. The molecule has 0 aliphatic carbocycles. The van der Waals surface area contributed by atoms with Gasteiger partial charge in [-0.25, -0.2) is 8.42 Å². The number of fused-ring (bicyclic) bond motifs is 1. The summed E-state index contributed by atoms with van der Waals surface area (Å²) in [5.41, 5.74) is 1.83. The molecule has 1 aliphatic heterocycles. The van der Waals surface area contributed by atoms with Crippen LogP contribution in [0.25, 0.3) is 5.65 Å². The topological polar surface area (TPSA) is 87.9 Å². The van der Waals surface area contributed by atoms with Gasteiger partial charge in [0.05, 0.1) is 10.6 Å². The predicted molar refractivity (Wildman–Crippen MR) is 129 cm³/mol. The van der Waals surface area contributed by atoms with E-state index >= 15 is 0 Å². The first-order valence-electron chi connectivity index (χ1n) is 11.2. The van der Waals surface area contributed by atoms with Gasteiger partial charge in [0, 0.05) is 37.8 Å². The lowest BCUT2D eigenvalue weighted by molar-refractivity contribution is 0.0704. The fourth-order valence-corrected chi connectivity index (χ4v) is 5.59. The molecule has 2 aromatic heterocycles. The quantitative estimate of drug-likeness (QED) is 0.440. The number of carbonyl (C=O) groups excluding carboxylic acids is 1. The second-order valence-corrected chi connectivity index (χ2v) is 10.4. The van der Waals surface area contributed by atoms with Crippen LogP contribution in [0.5, 0.6) is 0 Å². The molecule has 4 aromatic rings. The summed E-state index contributed by atoms with van der Waals surface area (Å²) < 4.78 is 29.2. The Balaban J connectivity index is 1.33. The van der Waals surface area contributed by atoms with Crippen molar-refractivity contribution in [2.45, 2.75) is 23.7 Å². The van der Waals surface area contributed by atoms with E-state index < -0.39 is 10.0 Å². The van der Waals surface area contributed by atoms with E-state index in [1.54, 1.807) is 36.4 Å². The molecular weight excluding hydrogens is 450 g/mol. The molecule has 3 heterocycles. The zero-order valence-electron chi connectivity index (χ0n) is 18.8. The SMILES string of the molecule is CN(c1ccccc1)S(=O)(=O)c1ccc(C(=O)N2CCC[C@@H](c3nnc4ccccn34)C2)cc1. The van der Waals surface area contributed by atoms with Crippen LogP contribution in [-0.2, 0) is 10.0 Å². The Morgan fingerprint density at radius 2 is 1.71 bits per heavy atom. The number of para-hydroxylation sites is 1. The van der Waals surface area contributed by atoms with Gasteiger partial charge in [-0.1, -0.05) is 24.3 Å². The molecule has 0 bridgehead atoms. The van der Waals surface area contributed by atoms with E-state index in [0.29, 0.717) is 24.3 Å². The van der Waals surface area contributed by atoms with Crippen LogP contribution in [0, 0.1) is 0 Å². The molecule has 1 fully saturated rings. The fourth-order valence-electron chi connectivity index (χ4n) is 4.40. The summed E-state index contributed by atoms with van der Waals surface area (Å²) in [6.45, 7) is 1.20. The van der Waals surface area contributed by atoms with Crippen LogP contribution >= 0.6 is 0 Å². The van der Waals surface area contributed by atoms with E-state index in [1.165, 1.54) is 23.5 Å². The van der Waals surface area contributed by atoms with Crippen molar-refractivity contribution in [3.05, 3.63) is 90.4 Å². The maximum Gasteiger partial charge on any atom is 0.264 e. The van der Waals surface area contributed by atoms with Gasteiger partial charge in [-0.3, -0.25) is 13.5 Å². The van der Waals surface area contributed by atoms with E-state index in [2.05, 4.69) is 10.2 Å². The molecule has 1 amide bonds. The third-order valence-electron chi connectivity index (χ3n) is 6.29. The summed E-state index contributed by atoms with van der Waals surface area (Å²) in [6.07, 6.45) is 3.74. The summed E-state index contributed by atoms with van der Waals surface area (Å²) >= 11 is 0. The lowest BCUT2D eigenvalue weighted by Crippen LogP contribution is -2.39. The lowest BCUT2D eigenvalue weighted by atomic mass is 9.96. The van der Waals surface area contributed by atoms with Crippen LogP contribution in [0.15, 0.2) is 83.9 Å². The van der Waals surface area contributed by atoms with Crippen molar-refractivity contribution in [3.8, 4) is 0 Å². The molecule has 0 saturated carbocycles. The minimum Gasteiger partial charge on any atom is -0.338 e. The van der Waals surface area contributed by atoms with Gasteiger partial charge in [-0.15, -0.1) is 10.2 Å². The standard InChI is InChI=1S/C25H25N5O3S/c1-28(21-9-3-2-4-10-21)34(32,33)22-14-12-19(13-15-22)25(31)29-16-7-8-20(18-29)24-27-26-23-11-5-6-17-30(23)24/h2-6,9-15,17,20H,7-8,16,18H2,1H3/t20-/m1/s1. The van der Waals surface area contributed by atoms with Crippen molar-refractivity contribution < 1.29 is 13.2 Å². The Bertz CT molecular complexity index is 1420. The van der Waals surface area contributed by atoms with Crippen molar-refractivity contribution in [2.24, 2.45) is 0 Å². The Morgan fingerprint density at radius 1 is 0.971 bits per heavy atom. The molecule has 5 rings (SSSR count). The zero-order chi connectivity index (χ0) is 23.7. The molecule has 174 valence electrons. The number of hydrogen-bond acceptors (Lipinski definition) is 5. The highest BCUT2D eigenvalue weighted by Gasteiger charge is 2.29. The third-order valence-corrected chi connectivity index (χ3v) is 8.09. The number of anilines is 1. The van der Waals surface area contributed by atoms with Crippen molar-refractivity contribution in [2.75, 3.05) is 24.4 Å². The first kappa shape index (κ1) is 22.1. The van der Waals surface area contributed by atoms with Crippen molar-refractivity contribution >= 4 is 27.3 Å². The predicted octanol–water partition coefficient (Wildman–Crippen LogP) is 3.57. The second kappa shape index (κ2) is 8.90. The van der Waals surface area contributed by atoms with Crippen molar-refractivity contribution in [1.82, 2.24) is 19.5 Å². The minimum absolute atomic E-state index is 0.0919. The van der Waals surface area contributed by atoms with Crippen molar-refractivity contribution in [3.63, 3.8) is 0 Å². The van der Waals surface area contributed by atoms with Gasteiger partial charge in [0.15, 0.2) is 5.65 Å². The number of nitrogens with zero attached hydrogens (tertiary/aromatic N) is 5. The molecular formula is C25H25N5O3S. The Labute approximate surface area is 198 Å². The number of hydrogen-bond donors (Lipinski definition) is 0. The number of aromatic nitrogens is 3. The largest absolute Gasteiger partial charge is 0.338 e. The number of benzene rings is 2. The highest BCUT2D eigenvalue weighted by molar-refractivity contribution is 7.92. The molecule has 0 radical (unpaired) electrons. The molecule has 34 heavy (non-hydrogen) atoms. The van der Waals surface area contributed by atoms with Crippen LogP contribution in [0.4, 0.5) is 5.69 Å². The van der Waals surface area contributed by atoms with E-state index in [9.17, 15) is 13.2 Å². The maximum atomic E-state index is 13.2. The van der Waals surface area contributed by atoms with Crippen LogP contribution in [0.2, 0.25) is 0 Å². The monoisotopic (exact) mass is 475 g/mol. The van der Waals surface area contributed by atoms with E-state index in [1.807, 2.05) is 39.8 Å². The van der Waals surface area contributed by atoms with Crippen LogP contribution < -0.4 is 4.31 Å². The molecule has 0 N–H and O–H groups in total. The molecule has 1 saturated heterocycles. The number of amides is 1. The number of rotatable bonds is 5. The molecule has 1 aliphatic rings. The summed E-state index contributed by atoms with van der Waals surface area (Å²) in [5, 5.41) is 8.61. The first-order valence-corrected chi connectivity index (χ1v) is 12.6. The second-order valence-electron chi connectivity index (χ2n) is 8.41. The molecule has 0 unspecified atom stereocenters. The first-order chi connectivity index (χ1) is 16.4. The number of carbonyl (C=O) groups is 1.